The lowest BCUT2D eigenvalue weighted by Crippen LogP contribution is -2.44. The van der Waals surface area contributed by atoms with Gasteiger partial charge in [0.25, 0.3) is 11.8 Å². The number of hydrogen-bond acceptors (Lipinski definition) is 6. The molecule has 32 heavy (non-hydrogen) atoms. The molecule has 3 heterocycles. The summed E-state index contributed by atoms with van der Waals surface area (Å²) in [6, 6.07) is 1.44. The van der Waals surface area contributed by atoms with Crippen LogP contribution in [0.5, 0.6) is 0 Å². The highest BCUT2D eigenvalue weighted by Gasteiger charge is 2.32. The van der Waals surface area contributed by atoms with Gasteiger partial charge in [0.2, 0.25) is 5.91 Å². The number of nitrogens with zero attached hydrogens (tertiary/aromatic N) is 4. The van der Waals surface area contributed by atoms with E-state index in [1.165, 1.54) is 18.5 Å². The van der Waals surface area contributed by atoms with Crippen LogP contribution in [0, 0.1) is 11.3 Å². The molecule has 3 amide bonds. The molecular weight excluding hydrogens is 410 g/mol. The molecule has 1 aliphatic carbocycles. The van der Waals surface area contributed by atoms with Gasteiger partial charge in [0.1, 0.15) is 11.5 Å². The second-order valence-electron chi connectivity index (χ2n) is 9.38. The van der Waals surface area contributed by atoms with Crippen LogP contribution in [0.2, 0.25) is 0 Å². The van der Waals surface area contributed by atoms with Gasteiger partial charge in [-0.25, -0.2) is 4.98 Å². The van der Waals surface area contributed by atoms with Gasteiger partial charge in [0.05, 0.1) is 29.7 Å². The topological polar surface area (TPSA) is 121 Å². The second kappa shape index (κ2) is 8.25. The highest BCUT2D eigenvalue weighted by molar-refractivity contribution is 6.03. The van der Waals surface area contributed by atoms with Crippen molar-refractivity contribution >= 4 is 34.9 Å². The van der Waals surface area contributed by atoms with Crippen molar-refractivity contribution in [2.75, 3.05) is 30.7 Å². The van der Waals surface area contributed by atoms with Crippen molar-refractivity contribution in [1.29, 1.82) is 0 Å². The molecule has 2 aromatic rings. The summed E-state index contributed by atoms with van der Waals surface area (Å²) in [7, 11) is 0. The molecular formula is C22H29N7O3. The average molecular weight is 443 g/mol. The Morgan fingerprint density at radius 3 is 2.69 bits per heavy atom. The number of carbonyl (C=O) groups excluding carboxylic acids is 3. The summed E-state index contributed by atoms with van der Waals surface area (Å²) in [6.45, 7) is 5.07. The first-order valence-electron chi connectivity index (χ1n) is 12.1. The van der Waals surface area contributed by atoms with E-state index in [2.05, 4.69) is 41.5 Å². The molecule has 0 unspecified atom stereocenters. The third-order valence-electron chi connectivity index (χ3n) is 5.31. The third-order valence-corrected chi connectivity index (χ3v) is 5.31. The Hall–Kier alpha value is -3.43. The van der Waals surface area contributed by atoms with E-state index in [1.54, 1.807) is 9.58 Å². The number of carbonyl (C=O) groups is 3. The predicted octanol–water partition coefficient (Wildman–Crippen LogP) is 2.23. The van der Waals surface area contributed by atoms with Gasteiger partial charge < -0.3 is 20.9 Å². The first-order chi connectivity index (χ1) is 16.3. The number of rotatable bonds is 6. The van der Waals surface area contributed by atoms with Gasteiger partial charge in [-0.15, -0.1) is 0 Å². The minimum absolute atomic E-state index is 0.0548. The highest BCUT2D eigenvalue weighted by atomic mass is 16.2. The fraction of sp³-hybridized carbons (Fsp3) is 0.500. The molecule has 0 saturated heterocycles. The van der Waals surface area contributed by atoms with Crippen molar-refractivity contribution in [2.45, 2.75) is 40.2 Å². The monoisotopic (exact) mass is 442 g/mol. The smallest absolute Gasteiger partial charge is 0.274 e. The molecule has 2 aromatic heterocycles. The molecule has 0 bridgehead atoms. The quantitative estimate of drug-likeness (QED) is 0.631. The predicted molar refractivity (Wildman–Crippen MR) is 120 cm³/mol. The Kier molecular flexibility index (Phi) is 4.69. The first kappa shape index (κ1) is 18.2. The summed E-state index contributed by atoms with van der Waals surface area (Å²) in [5.74, 6) is -1.09. The van der Waals surface area contributed by atoms with Crippen molar-refractivity contribution < 1.29 is 18.5 Å². The van der Waals surface area contributed by atoms with Crippen LogP contribution >= 0.6 is 0 Å². The number of amides is 3. The Morgan fingerprint density at radius 1 is 1.22 bits per heavy atom. The van der Waals surface area contributed by atoms with Gasteiger partial charge in [0, 0.05) is 42.4 Å². The summed E-state index contributed by atoms with van der Waals surface area (Å²) in [6.07, 6.45) is 4.30. The van der Waals surface area contributed by atoms with Crippen LogP contribution in [0.4, 0.5) is 17.2 Å². The largest absolute Gasteiger partial charge is 0.355 e. The zero-order valence-electron chi connectivity index (χ0n) is 21.4. The van der Waals surface area contributed by atoms with E-state index in [1.807, 2.05) is 5.32 Å². The van der Waals surface area contributed by atoms with Crippen LogP contribution in [-0.2, 0) is 11.3 Å². The van der Waals surface area contributed by atoms with E-state index in [0.29, 0.717) is 31.0 Å². The molecule has 3 N–H and O–H groups in total. The van der Waals surface area contributed by atoms with Crippen molar-refractivity contribution in [3.63, 3.8) is 0 Å². The number of pyridine rings is 1. The van der Waals surface area contributed by atoms with Crippen molar-refractivity contribution in [2.24, 2.45) is 11.3 Å². The fourth-order valence-electron chi connectivity index (χ4n) is 3.66. The third kappa shape index (κ3) is 4.58. The van der Waals surface area contributed by atoms with Gasteiger partial charge in [-0.2, -0.15) is 5.10 Å². The van der Waals surface area contributed by atoms with Gasteiger partial charge in [-0.1, -0.05) is 20.8 Å². The normalized spacial score (nSPS) is 17.7. The maximum absolute atomic E-state index is 13.3. The van der Waals surface area contributed by atoms with Crippen molar-refractivity contribution in [3.8, 4) is 0 Å². The van der Waals surface area contributed by atoms with Crippen LogP contribution < -0.4 is 16.0 Å². The van der Waals surface area contributed by atoms with Crippen LogP contribution in [0.15, 0.2) is 18.5 Å². The zero-order chi connectivity index (χ0) is 25.5. The molecule has 0 spiro atoms. The molecule has 1 saturated carbocycles. The number of hydrogen-bond donors (Lipinski definition) is 3. The molecule has 1 aliphatic heterocycles. The summed E-state index contributed by atoms with van der Waals surface area (Å²) in [4.78, 5) is 44.0. The lowest BCUT2D eigenvalue weighted by molar-refractivity contribution is -0.117. The Balaban J connectivity index is 1.66. The van der Waals surface area contributed by atoms with Gasteiger partial charge >= 0.3 is 0 Å². The van der Waals surface area contributed by atoms with E-state index >= 15 is 0 Å². The van der Waals surface area contributed by atoms with Crippen LogP contribution in [0.3, 0.4) is 0 Å². The van der Waals surface area contributed by atoms with Crippen molar-refractivity contribution in [3.05, 3.63) is 29.7 Å². The van der Waals surface area contributed by atoms with E-state index in [0.717, 1.165) is 12.8 Å². The lowest BCUT2D eigenvalue weighted by Gasteiger charge is -2.33. The SMILES string of the molecule is [2H]C([2H])([2H])NC(=O)c1cnc(NC(=O)C2CC2)cc1Nc1cnn2c1C(=O)N(CC(C)(C)C)CC2. The van der Waals surface area contributed by atoms with Crippen LogP contribution in [0.1, 0.15) is 58.6 Å². The number of fused-ring (bicyclic) bond motifs is 1. The van der Waals surface area contributed by atoms with Gasteiger partial charge in [-0.05, 0) is 18.3 Å². The highest BCUT2D eigenvalue weighted by Crippen LogP contribution is 2.32. The molecule has 4 rings (SSSR count). The second-order valence-corrected chi connectivity index (χ2v) is 9.38. The maximum atomic E-state index is 13.3. The summed E-state index contributed by atoms with van der Waals surface area (Å²) >= 11 is 0. The van der Waals surface area contributed by atoms with Gasteiger partial charge in [-0.3, -0.25) is 19.1 Å². The summed E-state index contributed by atoms with van der Waals surface area (Å²) in [5.41, 5.74) is 0.737. The molecule has 0 aromatic carbocycles. The van der Waals surface area contributed by atoms with Crippen molar-refractivity contribution in [1.82, 2.24) is 25.0 Å². The molecule has 170 valence electrons. The Labute approximate surface area is 191 Å². The molecule has 0 radical (unpaired) electrons. The Morgan fingerprint density at radius 2 is 2.00 bits per heavy atom. The van der Waals surface area contributed by atoms with E-state index < -0.39 is 12.9 Å². The number of aromatic nitrogens is 3. The van der Waals surface area contributed by atoms with E-state index in [-0.39, 0.29) is 40.2 Å². The number of nitrogens with one attached hydrogen (secondary N) is 3. The van der Waals surface area contributed by atoms with Crippen LogP contribution in [0.25, 0.3) is 0 Å². The molecule has 2 aliphatic rings. The number of anilines is 3. The van der Waals surface area contributed by atoms with E-state index in [4.69, 9.17) is 4.11 Å². The first-order valence-corrected chi connectivity index (χ1v) is 10.6. The lowest BCUT2D eigenvalue weighted by atomic mass is 9.95. The van der Waals surface area contributed by atoms with Crippen LogP contribution in [-0.4, -0.2) is 57.5 Å². The summed E-state index contributed by atoms with van der Waals surface area (Å²) in [5, 5.41) is 12.0. The van der Waals surface area contributed by atoms with Gasteiger partial charge in [0.15, 0.2) is 0 Å². The fourth-order valence-corrected chi connectivity index (χ4v) is 3.66. The Bertz CT molecular complexity index is 1170. The maximum Gasteiger partial charge on any atom is 0.274 e. The minimum atomic E-state index is -2.70. The zero-order valence-corrected chi connectivity index (χ0v) is 18.4. The average Bonchev–Trinajstić information content (AvgIpc) is 3.50. The molecule has 1 fully saturated rings. The summed E-state index contributed by atoms with van der Waals surface area (Å²) < 4.78 is 23.7. The standard InChI is InChI=1S/C22H29N7O3/c1-22(2,3)12-28-7-8-29-18(21(28)32)16(11-25-29)26-15-9-17(27-19(30)13-5-6-13)24-10-14(15)20(31)23-4/h9-11,13H,5-8,12H2,1-4H3,(H,23,31)(H2,24,26,27,30)/i4D3. The molecule has 0 atom stereocenters. The molecule has 10 nitrogen and oxygen atoms in total. The molecule has 10 heteroatoms. The van der Waals surface area contributed by atoms with E-state index in [9.17, 15) is 14.4 Å². The minimum Gasteiger partial charge on any atom is -0.355 e.